The second-order valence-corrected chi connectivity index (χ2v) is 5.14. The summed E-state index contributed by atoms with van der Waals surface area (Å²) in [6.07, 6.45) is 1.29. The fourth-order valence-electron chi connectivity index (χ4n) is 2.34. The highest BCUT2D eigenvalue weighted by atomic mass is 16.5. The van der Waals surface area contributed by atoms with Crippen molar-refractivity contribution in [2.75, 3.05) is 26.4 Å². The zero-order valence-electron chi connectivity index (χ0n) is 11.9. The van der Waals surface area contributed by atoms with Gasteiger partial charge in [-0.05, 0) is 13.0 Å². The number of hydrogen-bond donors (Lipinski definition) is 3. The van der Waals surface area contributed by atoms with Crippen LogP contribution in [0.5, 0.6) is 11.5 Å². The van der Waals surface area contributed by atoms with Crippen LogP contribution in [-0.2, 0) is 11.3 Å². The first-order valence-electron chi connectivity index (χ1n) is 7.09. The van der Waals surface area contributed by atoms with Gasteiger partial charge in [0, 0.05) is 44.7 Å². The van der Waals surface area contributed by atoms with Gasteiger partial charge in [-0.1, -0.05) is 12.1 Å². The molecule has 0 amide bonds. The van der Waals surface area contributed by atoms with Gasteiger partial charge in [-0.25, -0.2) is 0 Å². The smallest absolute Gasteiger partial charge is 0.162 e. The molecule has 0 spiro atoms. The van der Waals surface area contributed by atoms with Crippen molar-refractivity contribution < 1.29 is 19.7 Å². The second kappa shape index (κ2) is 6.92. The van der Waals surface area contributed by atoms with E-state index in [9.17, 15) is 10.2 Å². The molecule has 0 radical (unpaired) electrons. The molecule has 1 heterocycles. The van der Waals surface area contributed by atoms with E-state index in [4.69, 9.17) is 9.47 Å². The van der Waals surface area contributed by atoms with Crippen LogP contribution in [0.3, 0.4) is 0 Å². The van der Waals surface area contributed by atoms with E-state index in [1.54, 1.807) is 6.07 Å². The van der Waals surface area contributed by atoms with Gasteiger partial charge in [0.2, 0.25) is 0 Å². The van der Waals surface area contributed by atoms with Crippen molar-refractivity contribution in [3.63, 3.8) is 0 Å². The number of nitrogens with one attached hydrogen (secondary N) is 1. The zero-order valence-corrected chi connectivity index (χ0v) is 11.9. The van der Waals surface area contributed by atoms with Crippen molar-refractivity contribution in [1.82, 2.24) is 5.32 Å². The summed E-state index contributed by atoms with van der Waals surface area (Å²) in [5.41, 5.74) is 0.0670. The van der Waals surface area contributed by atoms with Gasteiger partial charge in [0.05, 0.1) is 12.2 Å². The van der Waals surface area contributed by atoms with Gasteiger partial charge in [0.15, 0.2) is 11.5 Å². The summed E-state index contributed by atoms with van der Waals surface area (Å²) in [5.74, 6) is 0.664. The standard InChI is InChI=1S/C15H23NO4/c1-2-20-13-5-3-4-12(14(13)17)10-16-11-15(18)6-8-19-9-7-15/h3-5,16-18H,2,6-11H2,1H3. The lowest BCUT2D eigenvalue weighted by Crippen LogP contribution is -2.44. The molecule has 1 aromatic carbocycles. The molecule has 112 valence electrons. The third-order valence-corrected chi connectivity index (χ3v) is 3.58. The van der Waals surface area contributed by atoms with Crippen LogP contribution in [0, 0.1) is 0 Å². The lowest BCUT2D eigenvalue weighted by atomic mass is 9.94. The van der Waals surface area contributed by atoms with Gasteiger partial charge < -0.3 is 25.0 Å². The molecule has 1 aliphatic rings. The summed E-state index contributed by atoms with van der Waals surface area (Å²) >= 11 is 0. The number of hydrogen-bond acceptors (Lipinski definition) is 5. The van der Waals surface area contributed by atoms with Crippen molar-refractivity contribution in [1.29, 1.82) is 0 Å². The van der Waals surface area contributed by atoms with Crippen molar-refractivity contribution in [2.24, 2.45) is 0 Å². The minimum Gasteiger partial charge on any atom is -0.504 e. The summed E-state index contributed by atoms with van der Waals surface area (Å²) in [6, 6.07) is 5.44. The molecular formula is C15H23NO4. The lowest BCUT2D eigenvalue weighted by molar-refractivity contribution is -0.0617. The number of phenols is 1. The Morgan fingerprint density at radius 1 is 1.35 bits per heavy atom. The maximum atomic E-state index is 10.3. The highest BCUT2D eigenvalue weighted by Crippen LogP contribution is 2.29. The number of rotatable bonds is 6. The van der Waals surface area contributed by atoms with E-state index in [-0.39, 0.29) is 5.75 Å². The van der Waals surface area contributed by atoms with Gasteiger partial charge in [0.25, 0.3) is 0 Å². The van der Waals surface area contributed by atoms with Gasteiger partial charge in [-0.3, -0.25) is 0 Å². The van der Waals surface area contributed by atoms with Crippen LogP contribution in [-0.4, -0.2) is 42.2 Å². The largest absolute Gasteiger partial charge is 0.504 e. The predicted octanol–water partition coefficient (Wildman–Crippen LogP) is 1.42. The van der Waals surface area contributed by atoms with Gasteiger partial charge >= 0.3 is 0 Å². The summed E-state index contributed by atoms with van der Waals surface area (Å²) in [4.78, 5) is 0. The SMILES string of the molecule is CCOc1cccc(CNCC2(O)CCOCC2)c1O. The van der Waals surface area contributed by atoms with Crippen molar-refractivity contribution in [3.05, 3.63) is 23.8 Å². The molecule has 5 heteroatoms. The number of aromatic hydroxyl groups is 1. The average Bonchev–Trinajstić information content (AvgIpc) is 2.44. The summed E-state index contributed by atoms with van der Waals surface area (Å²) < 4.78 is 10.6. The number of para-hydroxylation sites is 1. The Labute approximate surface area is 119 Å². The fourth-order valence-corrected chi connectivity index (χ4v) is 2.34. The minimum absolute atomic E-state index is 0.167. The molecule has 1 saturated heterocycles. The monoisotopic (exact) mass is 281 g/mol. The normalized spacial score (nSPS) is 17.9. The lowest BCUT2D eigenvalue weighted by Gasteiger charge is -2.32. The summed E-state index contributed by atoms with van der Waals surface area (Å²) in [7, 11) is 0. The Bertz CT molecular complexity index is 430. The first-order chi connectivity index (χ1) is 9.64. The first kappa shape index (κ1) is 15.1. The summed E-state index contributed by atoms with van der Waals surface area (Å²) in [5, 5.41) is 23.6. The van der Waals surface area contributed by atoms with Crippen molar-refractivity contribution >= 4 is 0 Å². The van der Waals surface area contributed by atoms with Crippen LogP contribution in [0.1, 0.15) is 25.3 Å². The Balaban J connectivity index is 1.89. The van der Waals surface area contributed by atoms with E-state index in [2.05, 4.69) is 5.32 Å². The van der Waals surface area contributed by atoms with Crippen LogP contribution in [0.4, 0.5) is 0 Å². The van der Waals surface area contributed by atoms with Crippen LogP contribution in [0.2, 0.25) is 0 Å². The quantitative estimate of drug-likeness (QED) is 0.735. The molecule has 1 aromatic rings. The number of aliphatic hydroxyl groups is 1. The van der Waals surface area contributed by atoms with Gasteiger partial charge in [-0.2, -0.15) is 0 Å². The maximum Gasteiger partial charge on any atom is 0.162 e. The molecule has 1 fully saturated rings. The predicted molar refractivity (Wildman–Crippen MR) is 76.0 cm³/mol. The van der Waals surface area contributed by atoms with E-state index in [1.165, 1.54) is 0 Å². The number of benzene rings is 1. The Kier molecular flexibility index (Phi) is 5.23. The molecule has 20 heavy (non-hydrogen) atoms. The molecular weight excluding hydrogens is 258 g/mol. The van der Waals surface area contributed by atoms with Crippen LogP contribution >= 0.6 is 0 Å². The average molecular weight is 281 g/mol. The molecule has 0 unspecified atom stereocenters. The minimum atomic E-state index is -0.703. The fraction of sp³-hybridized carbons (Fsp3) is 0.600. The van der Waals surface area contributed by atoms with Crippen LogP contribution in [0.25, 0.3) is 0 Å². The number of ether oxygens (including phenoxy) is 2. The first-order valence-corrected chi connectivity index (χ1v) is 7.09. The molecule has 0 atom stereocenters. The van der Waals surface area contributed by atoms with E-state index < -0.39 is 5.60 Å². The second-order valence-electron chi connectivity index (χ2n) is 5.14. The topological polar surface area (TPSA) is 71.0 Å². The molecule has 1 aliphatic heterocycles. The Hall–Kier alpha value is -1.30. The van der Waals surface area contributed by atoms with E-state index in [1.807, 2.05) is 19.1 Å². The van der Waals surface area contributed by atoms with E-state index in [0.29, 0.717) is 51.5 Å². The van der Waals surface area contributed by atoms with Gasteiger partial charge in [-0.15, -0.1) is 0 Å². The highest BCUT2D eigenvalue weighted by molar-refractivity contribution is 5.45. The highest BCUT2D eigenvalue weighted by Gasteiger charge is 2.29. The molecule has 3 N–H and O–H groups in total. The third kappa shape index (κ3) is 3.85. The van der Waals surface area contributed by atoms with Crippen LogP contribution in [0.15, 0.2) is 18.2 Å². The molecule has 0 saturated carbocycles. The molecule has 5 nitrogen and oxygen atoms in total. The molecule has 0 aromatic heterocycles. The Morgan fingerprint density at radius 2 is 2.10 bits per heavy atom. The van der Waals surface area contributed by atoms with Crippen molar-refractivity contribution in [3.8, 4) is 11.5 Å². The number of phenolic OH excluding ortho intramolecular Hbond substituents is 1. The molecule has 0 bridgehead atoms. The molecule has 2 rings (SSSR count). The zero-order chi connectivity index (χ0) is 14.4. The maximum absolute atomic E-state index is 10.3. The Morgan fingerprint density at radius 3 is 2.80 bits per heavy atom. The third-order valence-electron chi connectivity index (χ3n) is 3.58. The van der Waals surface area contributed by atoms with Crippen molar-refractivity contribution in [2.45, 2.75) is 31.9 Å². The van der Waals surface area contributed by atoms with Gasteiger partial charge in [0.1, 0.15) is 0 Å². The summed E-state index contributed by atoms with van der Waals surface area (Å²) in [6.45, 7) is 4.59. The van der Waals surface area contributed by atoms with E-state index >= 15 is 0 Å². The molecule has 0 aliphatic carbocycles. The van der Waals surface area contributed by atoms with Crippen LogP contribution < -0.4 is 10.1 Å². The van der Waals surface area contributed by atoms with E-state index in [0.717, 1.165) is 5.56 Å².